The van der Waals surface area contributed by atoms with Crippen molar-refractivity contribution in [3.8, 4) is 6.07 Å². The molecule has 2 N–H and O–H groups in total. The Kier molecular flexibility index (Phi) is 8.97. The van der Waals surface area contributed by atoms with Gasteiger partial charge >= 0.3 is 5.97 Å². The zero-order valence-electron chi connectivity index (χ0n) is 18.6. The summed E-state index contributed by atoms with van der Waals surface area (Å²) in [5, 5.41) is 17.1. The third-order valence-corrected chi connectivity index (χ3v) is 6.35. The number of nitrogens with zero attached hydrogens (tertiary/aromatic N) is 1. The van der Waals surface area contributed by atoms with E-state index in [1.54, 1.807) is 31.2 Å². The molecule has 174 valence electrons. The highest BCUT2D eigenvalue weighted by atomic mass is 35.5. The van der Waals surface area contributed by atoms with Gasteiger partial charge in [-0.2, -0.15) is 5.26 Å². The van der Waals surface area contributed by atoms with Crippen LogP contribution >= 0.6 is 23.4 Å². The molecule has 0 fully saturated rings. The van der Waals surface area contributed by atoms with E-state index in [-0.39, 0.29) is 18.3 Å². The van der Waals surface area contributed by atoms with E-state index in [2.05, 4.69) is 23.3 Å². The molecule has 3 rings (SSSR count). The molecule has 1 heterocycles. The van der Waals surface area contributed by atoms with Gasteiger partial charge in [0.05, 0.1) is 33.9 Å². The molecule has 0 bridgehead atoms. The van der Waals surface area contributed by atoms with Crippen LogP contribution < -0.4 is 10.6 Å². The second-order valence-corrected chi connectivity index (χ2v) is 8.86. The van der Waals surface area contributed by atoms with E-state index in [1.807, 2.05) is 30.3 Å². The molecule has 8 heteroatoms. The van der Waals surface area contributed by atoms with Crippen molar-refractivity contribution in [2.45, 2.75) is 19.4 Å². The van der Waals surface area contributed by atoms with Crippen molar-refractivity contribution < 1.29 is 14.3 Å². The largest absolute Gasteiger partial charge is 0.458 e. The maximum Gasteiger partial charge on any atom is 0.337 e. The number of dihydropyridines is 1. The van der Waals surface area contributed by atoms with E-state index in [4.69, 9.17) is 16.3 Å². The summed E-state index contributed by atoms with van der Waals surface area (Å²) in [6.07, 6.45) is 1.48. The molecule has 0 spiro atoms. The molecule has 1 amide bonds. The highest BCUT2D eigenvalue weighted by Crippen LogP contribution is 2.41. The predicted molar refractivity (Wildman–Crippen MR) is 135 cm³/mol. The van der Waals surface area contributed by atoms with Crippen molar-refractivity contribution in [2.75, 3.05) is 12.4 Å². The lowest BCUT2D eigenvalue weighted by atomic mass is 9.82. The van der Waals surface area contributed by atoms with Gasteiger partial charge in [-0.1, -0.05) is 78.5 Å². The minimum atomic E-state index is -0.657. The average Bonchev–Trinajstić information content (AvgIpc) is 2.85. The molecule has 0 saturated carbocycles. The lowest BCUT2D eigenvalue weighted by Crippen LogP contribution is -2.30. The van der Waals surface area contributed by atoms with Crippen LogP contribution in [0.3, 0.4) is 0 Å². The summed E-state index contributed by atoms with van der Waals surface area (Å²) in [7, 11) is 0. The van der Waals surface area contributed by atoms with Crippen LogP contribution in [0.1, 0.15) is 24.0 Å². The summed E-state index contributed by atoms with van der Waals surface area (Å²) in [6, 6.07) is 18.8. The number of carbonyl (C=O) groups is 2. The van der Waals surface area contributed by atoms with Crippen LogP contribution in [0.15, 0.2) is 89.1 Å². The number of amides is 1. The van der Waals surface area contributed by atoms with Crippen molar-refractivity contribution in [1.29, 1.82) is 5.26 Å². The number of nitrogens with one attached hydrogen (secondary N) is 2. The molecule has 1 aliphatic rings. The zero-order valence-corrected chi connectivity index (χ0v) is 20.2. The zero-order chi connectivity index (χ0) is 24.5. The number of thioether (sulfide) groups is 1. The van der Waals surface area contributed by atoms with Crippen LogP contribution in [-0.4, -0.2) is 24.2 Å². The topological polar surface area (TPSA) is 91.2 Å². The summed E-state index contributed by atoms with van der Waals surface area (Å²) in [6.45, 7) is 5.80. The lowest BCUT2D eigenvalue weighted by Gasteiger charge is -2.29. The molecule has 1 aliphatic heterocycles. The van der Waals surface area contributed by atoms with Gasteiger partial charge in [-0.15, -0.1) is 0 Å². The average molecular weight is 494 g/mol. The normalized spacial score (nSPS) is 15.3. The molecule has 2 aromatic carbocycles. The van der Waals surface area contributed by atoms with Crippen molar-refractivity contribution in [2.24, 2.45) is 0 Å². The second kappa shape index (κ2) is 12.1. The van der Waals surface area contributed by atoms with Crippen LogP contribution in [0.4, 0.5) is 0 Å². The van der Waals surface area contributed by atoms with Gasteiger partial charge in [0, 0.05) is 17.3 Å². The number of rotatable bonds is 9. The Balaban J connectivity index is 1.84. The third kappa shape index (κ3) is 6.31. The number of halogens is 1. The van der Waals surface area contributed by atoms with Gasteiger partial charge in [0.1, 0.15) is 6.61 Å². The van der Waals surface area contributed by atoms with Crippen LogP contribution in [0, 0.1) is 11.3 Å². The Morgan fingerprint density at radius 3 is 2.59 bits per heavy atom. The molecule has 34 heavy (non-hydrogen) atoms. The van der Waals surface area contributed by atoms with E-state index >= 15 is 0 Å². The fraction of sp³-hybridized carbons (Fsp3) is 0.192. The molecular weight excluding hydrogens is 470 g/mol. The van der Waals surface area contributed by atoms with Gasteiger partial charge in [-0.25, -0.2) is 4.79 Å². The number of hydrogen-bond donors (Lipinski definition) is 2. The number of nitriles is 1. The first-order valence-corrected chi connectivity index (χ1v) is 11.9. The monoisotopic (exact) mass is 493 g/mol. The minimum Gasteiger partial charge on any atom is -0.458 e. The summed E-state index contributed by atoms with van der Waals surface area (Å²) in [4.78, 5) is 25.3. The van der Waals surface area contributed by atoms with Crippen LogP contribution in [0.2, 0.25) is 5.02 Å². The fourth-order valence-corrected chi connectivity index (χ4v) is 4.53. The molecule has 0 aliphatic carbocycles. The van der Waals surface area contributed by atoms with Gasteiger partial charge in [0.25, 0.3) is 0 Å². The van der Waals surface area contributed by atoms with E-state index in [9.17, 15) is 14.9 Å². The first-order valence-electron chi connectivity index (χ1n) is 10.5. The Morgan fingerprint density at radius 2 is 1.94 bits per heavy atom. The molecule has 0 saturated heterocycles. The minimum absolute atomic E-state index is 0.0533. The van der Waals surface area contributed by atoms with Crippen molar-refractivity contribution in [3.05, 3.63) is 105 Å². The first-order chi connectivity index (χ1) is 16.4. The highest BCUT2D eigenvalue weighted by Gasteiger charge is 2.35. The maximum absolute atomic E-state index is 12.9. The summed E-state index contributed by atoms with van der Waals surface area (Å²) >= 11 is 7.27. The predicted octanol–water partition coefficient (Wildman–Crippen LogP) is 4.81. The van der Waals surface area contributed by atoms with Gasteiger partial charge < -0.3 is 15.4 Å². The van der Waals surface area contributed by atoms with Crippen molar-refractivity contribution in [3.63, 3.8) is 0 Å². The maximum atomic E-state index is 12.9. The SMILES string of the molecule is C=CCOC(=O)C1=C(C)NC(SCC(=O)NCc2ccccc2)=C(C#N)[C@@H]1c1ccc(Cl)cc1. The summed E-state index contributed by atoms with van der Waals surface area (Å²) < 4.78 is 5.29. The molecule has 0 radical (unpaired) electrons. The highest BCUT2D eigenvalue weighted by molar-refractivity contribution is 8.03. The molecule has 1 atom stereocenters. The van der Waals surface area contributed by atoms with E-state index in [0.717, 1.165) is 11.1 Å². The number of esters is 1. The third-order valence-electron chi connectivity index (χ3n) is 5.08. The molecule has 0 aromatic heterocycles. The molecule has 0 unspecified atom stereocenters. The number of ether oxygens (including phenoxy) is 1. The molecule has 2 aromatic rings. The van der Waals surface area contributed by atoms with Gasteiger partial charge in [0.15, 0.2) is 0 Å². The van der Waals surface area contributed by atoms with Crippen LogP contribution in [0.25, 0.3) is 0 Å². The number of allylic oxidation sites excluding steroid dienone is 2. The smallest absolute Gasteiger partial charge is 0.337 e. The Morgan fingerprint density at radius 1 is 1.24 bits per heavy atom. The van der Waals surface area contributed by atoms with Crippen LogP contribution in [0.5, 0.6) is 0 Å². The van der Waals surface area contributed by atoms with Gasteiger partial charge in [-0.05, 0) is 30.2 Å². The van der Waals surface area contributed by atoms with Crippen LogP contribution in [-0.2, 0) is 20.9 Å². The van der Waals surface area contributed by atoms with E-state index < -0.39 is 11.9 Å². The molecule has 6 nitrogen and oxygen atoms in total. The Hall–Kier alpha value is -3.47. The lowest BCUT2D eigenvalue weighted by molar-refractivity contribution is -0.138. The van der Waals surface area contributed by atoms with E-state index in [1.165, 1.54) is 17.8 Å². The number of carbonyl (C=O) groups excluding carboxylic acids is 2. The standard InChI is InChI=1S/C26H24ClN3O3S/c1-3-13-33-26(32)23-17(2)30-25(21(14-28)24(23)19-9-11-20(27)12-10-19)34-16-22(31)29-15-18-7-5-4-6-8-18/h3-12,24,30H,1,13,15-16H2,2H3,(H,29,31)/t24-/m0/s1. The summed E-state index contributed by atoms with van der Waals surface area (Å²) in [5.41, 5.74) is 2.94. The number of benzene rings is 2. The van der Waals surface area contributed by atoms with Gasteiger partial charge in [0.2, 0.25) is 5.91 Å². The second-order valence-electron chi connectivity index (χ2n) is 7.44. The summed E-state index contributed by atoms with van der Waals surface area (Å²) in [5.74, 6) is -1.25. The first kappa shape index (κ1) is 25.2. The van der Waals surface area contributed by atoms with Gasteiger partial charge in [-0.3, -0.25) is 4.79 Å². The van der Waals surface area contributed by atoms with Crippen molar-refractivity contribution in [1.82, 2.24) is 10.6 Å². The van der Waals surface area contributed by atoms with Crippen molar-refractivity contribution >= 4 is 35.2 Å². The molecular formula is C26H24ClN3O3S. The Bertz CT molecular complexity index is 1170. The number of hydrogen-bond acceptors (Lipinski definition) is 6. The van der Waals surface area contributed by atoms with E-state index in [0.29, 0.717) is 33.4 Å². The Labute approximate surface area is 208 Å². The fourth-order valence-electron chi connectivity index (χ4n) is 3.48. The quantitative estimate of drug-likeness (QED) is 0.384.